The molecule has 2 heterocycles. The lowest BCUT2D eigenvalue weighted by Gasteiger charge is -2.13. The van der Waals surface area contributed by atoms with E-state index in [9.17, 15) is 0 Å². The number of thiophene rings is 1. The number of halogens is 1. The van der Waals surface area contributed by atoms with Gasteiger partial charge in [-0.05, 0) is 54.0 Å². The molecule has 16 heavy (non-hydrogen) atoms. The van der Waals surface area contributed by atoms with E-state index in [1.807, 2.05) is 11.3 Å². The molecule has 1 atom stereocenters. The number of nitrogens with zero attached hydrogens (tertiary/aromatic N) is 1. The molecule has 1 N–H and O–H groups in total. The molecule has 1 aromatic heterocycles. The van der Waals surface area contributed by atoms with Gasteiger partial charge in [-0.25, -0.2) is 0 Å². The maximum atomic E-state index is 3.56. The smallest absolute Gasteiger partial charge is 0.0300 e. The third-order valence-electron chi connectivity index (χ3n) is 3.17. The van der Waals surface area contributed by atoms with Crippen molar-refractivity contribution >= 4 is 27.3 Å². The van der Waals surface area contributed by atoms with Gasteiger partial charge >= 0.3 is 0 Å². The van der Waals surface area contributed by atoms with Crippen molar-refractivity contribution in [2.24, 2.45) is 5.92 Å². The molecule has 1 fully saturated rings. The average Bonchev–Trinajstić information content (AvgIpc) is 2.88. The molecule has 1 aromatic rings. The highest BCUT2D eigenvalue weighted by atomic mass is 79.9. The van der Waals surface area contributed by atoms with Gasteiger partial charge in [-0.2, -0.15) is 0 Å². The largest absolute Gasteiger partial charge is 0.312 e. The van der Waals surface area contributed by atoms with E-state index in [-0.39, 0.29) is 0 Å². The fourth-order valence-corrected chi connectivity index (χ4v) is 3.63. The highest BCUT2D eigenvalue weighted by Gasteiger charge is 2.20. The van der Waals surface area contributed by atoms with Crippen LogP contribution in [0.3, 0.4) is 0 Å². The summed E-state index contributed by atoms with van der Waals surface area (Å²) in [6.45, 7) is 8.18. The van der Waals surface area contributed by atoms with E-state index in [4.69, 9.17) is 0 Å². The van der Waals surface area contributed by atoms with Gasteiger partial charge in [-0.1, -0.05) is 6.92 Å². The van der Waals surface area contributed by atoms with Gasteiger partial charge in [0.05, 0.1) is 0 Å². The summed E-state index contributed by atoms with van der Waals surface area (Å²) in [6.07, 6.45) is 1.36. The fraction of sp³-hybridized carbons (Fsp3) is 0.667. The monoisotopic (exact) mass is 302 g/mol. The maximum absolute atomic E-state index is 3.56. The molecule has 4 heteroatoms. The Bertz CT molecular complexity index is 327. The van der Waals surface area contributed by atoms with E-state index in [1.54, 1.807) is 0 Å². The molecule has 0 spiro atoms. The molecule has 2 nitrogen and oxygen atoms in total. The second-order valence-electron chi connectivity index (χ2n) is 4.41. The molecule has 0 saturated carbocycles. The minimum Gasteiger partial charge on any atom is -0.312 e. The van der Waals surface area contributed by atoms with E-state index in [2.05, 4.69) is 44.5 Å². The normalized spacial score (nSPS) is 21.8. The van der Waals surface area contributed by atoms with Crippen molar-refractivity contribution in [3.8, 4) is 0 Å². The second kappa shape index (κ2) is 6.15. The summed E-state index contributed by atoms with van der Waals surface area (Å²) in [7, 11) is 0. The van der Waals surface area contributed by atoms with Crippen LogP contribution in [0.15, 0.2) is 15.9 Å². The zero-order valence-electron chi connectivity index (χ0n) is 9.71. The summed E-state index contributed by atoms with van der Waals surface area (Å²) >= 11 is 5.30. The quantitative estimate of drug-likeness (QED) is 0.900. The van der Waals surface area contributed by atoms with Gasteiger partial charge in [0, 0.05) is 27.8 Å². The predicted octanol–water partition coefficient (Wildman–Crippen LogP) is 2.94. The average molecular weight is 303 g/mol. The van der Waals surface area contributed by atoms with E-state index < -0.39 is 0 Å². The maximum Gasteiger partial charge on any atom is 0.0300 e. The van der Waals surface area contributed by atoms with E-state index >= 15 is 0 Å². The molecule has 1 aliphatic rings. The van der Waals surface area contributed by atoms with Crippen LogP contribution in [0.2, 0.25) is 0 Å². The van der Waals surface area contributed by atoms with Crippen LogP contribution in [0.5, 0.6) is 0 Å². The summed E-state index contributed by atoms with van der Waals surface area (Å²) in [5.41, 5.74) is 0. The molecule has 1 unspecified atom stereocenters. The first-order valence-electron chi connectivity index (χ1n) is 5.94. The Balaban J connectivity index is 1.65. The molecule has 0 radical (unpaired) electrons. The summed E-state index contributed by atoms with van der Waals surface area (Å²) in [6, 6.07) is 2.20. The van der Waals surface area contributed by atoms with Gasteiger partial charge in [0.15, 0.2) is 0 Å². The van der Waals surface area contributed by atoms with Gasteiger partial charge in [0.25, 0.3) is 0 Å². The van der Waals surface area contributed by atoms with E-state index in [0.717, 1.165) is 19.0 Å². The Hall–Kier alpha value is 0.1000. The number of rotatable bonds is 5. The predicted molar refractivity (Wildman–Crippen MR) is 73.9 cm³/mol. The second-order valence-corrected chi connectivity index (χ2v) is 6.32. The molecular weight excluding hydrogens is 284 g/mol. The Morgan fingerprint density at radius 3 is 3.12 bits per heavy atom. The molecular formula is C12H19BrN2S. The molecule has 1 saturated heterocycles. The van der Waals surface area contributed by atoms with Crippen LogP contribution in [0.4, 0.5) is 0 Å². The zero-order chi connectivity index (χ0) is 11.4. The first kappa shape index (κ1) is 12.6. The Morgan fingerprint density at radius 1 is 1.62 bits per heavy atom. The number of likely N-dealkylation sites (tertiary alicyclic amines) is 1. The Kier molecular flexibility index (Phi) is 4.82. The van der Waals surface area contributed by atoms with Crippen LogP contribution in [0.25, 0.3) is 0 Å². The topological polar surface area (TPSA) is 15.3 Å². The van der Waals surface area contributed by atoms with Crippen LogP contribution < -0.4 is 5.32 Å². The molecule has 0 aromatic carbocycles. The lowest BCUT2D eigenvalue weighted by atomic mass is 10.1. The van der Waals surface area contributed by atoms with Gasteiger partial charge < -0.3 is 10.2 Å². The fourth-order valence-electron chi connectivity index (χ4n) is 2.21. The highest BCUT2D eigenvalue weighted by molar-refractivity contribution is 9.10. The molecule has 0 amide bonds. The van der Waals surface area contributed by atoms with Crippen molar-refractivity contribution in [1.29, 1.82) is 0 Å². The first-order chi connectivity index (χ1) is 7.78. The lowest BCUT2D eigenvalue weighted by Crippen LogP contribution is -2.25. The lowest BCUT2D eigenvalue weighted by molar-refractivity contribution is 0.339. The zero-order valence-corrected chi connectivity index (χ0v) is 12.1. The third-order valence-corrected chi connectivity index (χ3v) is 4.87. The summed E-state index contributed by atoms with van der Waals surface area (Å²) < 4.78 is 1.20. The van der Waals surface area contributed by atoms with Crippen LogP contribution in [0.1, 0.15) is 18.2 Å². The van der Waals surface area contributed by atoms with Crippen molar-refractivity contribution in [1.82, 2.24) is 10.2 Å². The third kappa shape index (κ3) is 3.55. The Labute approximate surface area is 110 Å². The van der Waals surface area contributed by atoms with Gasteiger partial charge in [0.1, 0.15) is 0 Å². The van der Waals surface area contributed by atoms with Gasteiger partial charge in [-0.15, -0.1) is 11.3 Å². The SMILES string of the molecule is CCN1CCC(CNCc2cc(Br)cs2)C1. The Morgan fingerprint density at radius 2 is 2.50 bits per heavy atom. The minimum atomic E-state index is 0.850. The number of nitrogens with one attached hydrogen (secondary N) is 1. The van der Waals surface area contributed by atoms with E-state index in [0.29, 0.717) is 0 Å². The van der Waals surface area contributed by atoms with Crippen LogP contribution in [-0.2, 0) is 6.54 Å². The van der Waals surface area contributed by atoms with Crippen LogP contribution >= 0.6 is 27.3 Å². The number of hydrogen-bond acceptors (Lipinski definition) is 3. The van der Waals surface area contributed by atoms with Crippen molar-refractivity contribution < 1.29 is 0 Å². The molecule has 90 valence electrons. The standard InChI is InChI=1S/C12H19BrN2S/c1-2-15-4-3-10(8-15)6-14-7-12-5-11(13)9-16-12/h5,9-10,14H,2-4,6-8H2,1H3. The van der Waals surface area contributed by atoms with E-state index in [1.165, 1.54) is 35.4 Å². The molecule has 0 aliphatic carbocycles. The highest BCUT2D eigenvalue weighted by Crippen LogP contribution is 2.20. The first-order valence-corrected chi connectivity index (χ1v) is 7.61. The summed E-state index contributed by atoms with van der Waals surface area (Å²) in [5, 5.41) is 5.71. The summed E-state index contributed by atoms with van der Waals surface area (Å²) in [5.74, 6) is 0.850. The van der Waals surface area contributed by atoms with Gasteiger partial charge in [-0.3, -0.25) is 0 Å². The molecule has 1 aliphatic heterocycles. The van der Waals surface area contributed by atoms with Crippen molar-refractivity contribution in [3.05, 3.63) is 20.8 Å². The van der Waals surface area contributed by atoms with Crippen molar-refractivity contribution in [3.63, 3.8) is 0 Å². The van der Waals surface area contributed by atoms with Crippen LogP contribution in [-0.4, -0.2) is 31.1 Å². The molecule has 2 rings (SSSR count). The van der Waals surface area contributed by atoms with Gasteiger partial charge in [0.2, 0.25) is 0 Å². The summed E-state index contributed by atoms with van der Waals surface area (Å²) in [4.78, 5) is 3.95. The van der Waals surface area contributed by atoms with Crippen LogP contribution in [0, 0.1) is 5.92 Å². The minimum absolute atomic E-state index is 0.850. The molecule has 0 bridgehead atoms. The van der Waals surface area contributed by atoms with Crippen molar-refractivity contribution in [2.75, 3.05) is 26.2 Å². The number of hydrogen-bond donors (Lipinski definition) is 1. The van der Waals surface area contributed by atoms with Crippen molar-refractivity contribution in [2.45, 2.75) is 19.9 Å².